The fourth-order valence-corrected chi connectivity index (χ4v) is 3.75. The second kappa shape index (κ2) is 14.0. The van der Waals surface area contributed by atoms with Crippen molar-refractivity contribution in [2.24, 2.45) is 4.99 Å². The van der Waals surface area contributed by atoms with E-state index in [0.717, 1.165) is 38.3 Å². The molecular formula is C23H32F2IN5O2. The Labute approximate surface area is 210 Å². The SMILES string of the molecule is CCNC(=NCCCCn1ccccc1=O)NC1CCN(c2ccccc2OC(F)F)C1.I. The van der Waals surface area contributed by atoms with E-state index in [-0.39, 0.29) is 41.3 Å². The number of unbranched alkanes of at least 4 members (excludes halogenated alkanes) is 1. The average Bonchev–Trinajstić information content (AvgIpc) is 3.23. The molecule has 0 saturated carbocycles. The Balaban J connectivity index is 0.00000385. The molecule has 1 saturated heterocycles. The van der Waals surface area contributed by atoms with Crippen molar-refractivity contribution in [3.8, 4) is 5.75 Å². The molecule has 1 fully saturated rings. The summed E-state index contributed by atoms with van der Waals surface area (Å²) in [5.74, 6) is 0.939. The molecule has 33 heavy (non-hydrogen) atoms. The number of hydrogen-bond donors (Lipinski definition) is 2. The van der Waals surface area contributed by atoms with Gasteiger partial charge in [0.2, 0.25) is 5.56 Å². The lowest BCUT2D eigenvalue weighted by Crippen LogP contribution is -2.44. The second-order valence-corrected chi connectivity index (χ2v) is 7.62. The number of hydrogen-bond acceptors (Lipinski definition) is 4. The van der Waals surface area contributed by atoms with E-state index in [4.69, 9.17) is 0 Å². The molecule has 1 aromatic heterocycles. The van der Waals surface area contributed by atoms with Crippen molar-refractivity contribution < 1.29 is 13.5 Å². The maximum absolute atomic E-state index is 12.7. The Morgan fingerprint density at radius 2 is 2.00 bits per heavy atom. The summed E-state index contributed by atoms with van der Waals surface area (Å²) in [5.41, 5.74) is 0.688. The van der Waals surface area contributed by atoms with Crippen molar-refractivity contribution in [3.63, 3.8) is 0 Å². The van der Waals surface area contributed by atoms with Gasteiger partial charge in [-0.1, -0.05) is 18.2 Å². The van der Waals surface area contributed by atoms with Crippen LogP contribution in [0.25, 0.3) is 0 Å². The summed E-state index contributed by atoms with van der Waals surface area (Å²) < 4.78 is 31.8. The van der Waals surface area contributed by atoms with Gasteiger partial charge in [-0.3, -0.25) is 9.79 Å². The third kappa shape index (κ3) is 8.49. The van der Waals surface area contributed by atoms with Crippen molar-refractivity contribution in [2.75, 3.05) is 31.1 Å². The minimum atomic E-state index is -2.85. The van der Waals surface area contributed by atoms with Crippen molar-refractivity contribution in [2.45, 2.75) is 45.4 Å². The van der Waals surface area contributed by atoms with E-state index in [9.17, 15) is 13.6 Å². The zero-order chi connectivity index (χ0) is 22.8. The molecule has 2 heterocycles. The van der Waals surface area contributed by atoms with Crippen LogP contribution in [0.4, 0.5) is 14.5 Å². The third-order valence-electron chi connectivity index (χ3n) is 5.27. The van der Waals surface area contributed by atoms with Gasteiger partial charge in [-0.2, -0.15) is 8.78 Å². The van der Waals surface area contributed by atoms with Gasteiger partial charge in [0.25, 0.3) is 0 Å². The smallest absolute Gasteiger partial charge is 0.387 e. The van der Waals surface area contributed by atoms with Gasteiger partial charge in [0.15, 0.2) is 5.96 Å². The van der Waals surface area contributed by atoms with Gasteiger partial charge in [-0.05, 0) is 44.4 Å². The Kier molecular flexibility index (Phi) is 11.4. The van der Waals surface area contributed by atoms with Crippen molar-refractivity contribution in [1.82, 2.24) is 15.2 Å². The number of ether oxygens (including phenoxy) is 1. The van der Waals surface area contributed by atoms with E-state index in [1.807, 2.05) is 19.1 Å². The van der Waals surface area contributed by atoms with Crippen LogP contribution in [0, 0.1) is 0 Å². The number of benzene rings is 1. The predicted octanol–water partition coefficient (Wildman–Crippen LogP) is 3.68. The van der Waals surface area contributed by atoms with Gasteiger partial charge in [-0.25, -0.2) is 0 Å². The lowest BCUT2D eigenvalue weighted by molar-refractivity contribution is -0.0495. The van der Waals surface area contributed by atoms with Crippen LogP contribution in [-0.2, 0) is 6.54 Å². The van der Waals surface area contributed by atoms with E-state index in [2.05, 4.69) is 25.3 Å². The first-order chi connectivity index (χ1) is 15.6. The van der Waals surface area contributed by atoms with Crippen molar-refractivity contribution >= 4 is 35.6 Å². The molecule has 0 radical (unpaired) electrons. The number of aryl methyl sites for hydroxylation is 1. The van der Waals surface area contributed by atoms with E-state index in [1.54, 1.807) is 41.1 Å². The van der Waals surface area contributed by atoms with Crippen LogP contribution in [0.15, 0.2) is 58.4 Å². The summed E-state index contributed by atoms with van der Waals surface area (Å²) in [4.78, 5) is 18.4. The minimum Gasteiger partial charge on any atom is -0.433 e. The number of aromatic nitrogens is 1. The van der Waals surface area contributed by atoms with E-state index < -0.39 is 6.61 Å². The molecule has 7 nitrogen and oxygen atoms in total. The standard InChI is InChI=1S/C23H31F2N5O2.HI/c1-2-26-23(27-13-6-8-15-29-14-7-5-11-21(29)31)28-18-12-16-30(17-18)19-9-3-4-10-20(19)32-22(24)25;/h3-5,7,9-11,14,18,22H,2,6,8,12-13,15-17H2,1H3,(H2,26,27,28);1H. The first-order valence-corrected chi connectivity index (χ1v) is 11.1. The molecule has 2 N–H and O–H groups in total. The maximum Gasteiger partial charge on any atom is 0.387 e. The molecule has 10 heteroatoms. The molecule has 3 rings (SSSR count). The second-order valence-electron chi connectivity index (χ2n) is 7.62. The molecule has 1 unspecified atom stereocenters. The quantitative estimate of drug-likeness (QED) is 0.196. The molecule has 2 aromatic rings. The summed E-state index contributed by atoms with van der Waals surface area (Å²) in [6.45, 7) is 2.65. The molecule has 1 atom stereocenters. The summed E-state index contributed by atoms with van der Waals surface area (Å²) in [6.07, 6.45) is 4.40. The highest BCUT2D eigenvalue weighted by atomic mass is 127. The van der Waals surface area contributed by atoms with Gasteiger partial charge in [0.1, 0.15) is 5.75 Å². The fraction of sp³-hybridized carbons (Fsp3) is 0.478. The van der Waals surface area contributed by atoms with Gasteiger partial charge in [-0.15, -0.1) is 24.0 Å². The Bertz CT molecular complexity index is 941. The number of rotatable bonds is 10. The van der Waals surface area contributed by atoms with Gasteiger partial charge in [0.05, 0.1) is 5.69 Å². The summed E-state index contributed by atoms with van der Waals surface area (Å²) in [6, 6.07) is 12.2. The molecule has 0 spiro atoms. The predicted molar refractivity (Wildman–Crippen MR) is 138 cm³/mol. The topological polar surface area (TPSA) is 70.9 Å². The molecule has 182 valence electrons. The van der Waals surface area contributed by atoms with E-state index in [0.29, 0.717) is 25.3 Å². The number of alkyl halides is 2. The highest BCUT2D eigenvalue weighted by Crippen LogP contribution is 2.31. The highest BCUT2D eigenvalue weighted by molar-refractivity contribution is 14.0. The van der Waals surface area contributed by atoms with Gasteiger partial charge in [0, 0.05) is 51.0 Å². The van der Waals surface area contributed by atoms with Crippen LogP contribution in [0.5, 0.6) is 5.75 Å². The largest absolute Gasteiger partial charge is 0.433 e. The van der Waals surface area contributed by atoms with Gasteiger partial charge >= 0.3 is 6.61 Å². The monoisotopic (exact) mass is 575 g/mol. The summed E-state index contributed by atoms with van der Waals surface area (Å²) in [5, 5.41) is 6.71. The first-order valence-electron chi connectivity index (χ1n) is 11.1. The number of halogens is 3. The Hall–Kier alpha value is -2.37. The van der Waals surface area contributed by atoms with Crippen LogP contribution in [0.1, 0.15) is 26.2 Å². The fourth-order valence-electron chi connectivity index (χ4n) is 3.75. The summed E-state index contributed by atoms with van der Waals surface area (Å²) >= 11 is 0. The lowest BCUT2D eigenvalue weighted by atomic mass is 10.2. The zero-order valence-corrected chi connectivity index (χ0v) is 21.1. The first kappa shape index (κ1) is 26.9. The number of nitrogens with zero attached hydrogens (tertiary/aromatic N) is 3. The summed E-state index contributed by atoms with van der Waals surface area (Å²) in [7, 11) is 0. The highest BCUT2D eigenvalue weighted by Gasteiger charge is 2.26. The van der Waals surface area contributed by atoms with Crippen LogP contribution in [0.3, 0.4) is 0 Å². The molecule has 0 amide bonds. The van der Waals surface area contributed by atoms with Crippen molar-refractivity contribution in [3.05, 3.63) is 59.0 Å². The van der Waals surface area contributed by atoms with Crippen LogP contribution in [-0.4, -0.2) is 49.4 Å². The number of anilines is 1. The zero-order valence-electron chi connectivity index (χ0n) is 18.8. The molecule has 0 aliphatic carbocycles. The molecule has 1 aromatic carbocycles. The van der Waals surface area contributed by atoms with Crippen molar-refractivity contribution in [1.29, 1.82) is 0 Å². The maximum atomic E-state index is 12.7. The number of guanidine groups is 1. The number of para-hydroxylation sites is 2. The van der Waals surface area contributed by atoms with Gasteiger partial charge < -0.3 is 24.8 Å². The van der Waals surface area contributed by atoms with Crippen LogP contribution >= 0.6 is 24.0 Å². The number of pyridine rings is 1. The minimum absolute atomic E-state index is 0. The lowest BCUT2D eigenvalue weighted by Gasteiger charge is -2.22. The normalized spacial score (nSPS) is 15.9. The third-order valence-corrected chi connectivity index (χ3v) is 5.27. The molecule has 0 bridgehead atoms. The molecular weight excluding hydrogens is 543 g/mol. The Morgan fingerprint density at radius 3 is 2.76 bits per heavy atom. The van der Waals surface area contributed by atoms with Crippen LogP contribution in [0.2, 0.25) is 0 Å². The Morgan fingerprint density at radius 1 is 1.21 bits per heavy atom. The number of nitrogens with one attached hydrogen (secondary N) is 2. The van der Waals surface area contributed by atoms with E-state index >= 15 is 0 Å². The molecule has 1 aliphatic rings. The van der Waals surface area contributed by atoms with E-state index in [1.165, 1.54) is 0 Å². The van der Waals surface area contributed by atoms with Crippen LogP contribution < -0.4 is 25.8 Å². The molecule has 1 aliphatic heterocycles. The average molecular weight is 575 g/mol. The number of aliphatic imine (C=N–C) groups is 1.